The number of rotatable bonds is 4. The maximum absolute atomic E-state index is 14.8. The first kappa shape index (κ1) is 21.6. The second kappa shape index (κ2) is 8.26. The standard InChI is InChI=1S/C25H26F2N6/c1-14-25(2,3)18-10-17(11-19(26)23(18)31-14)22-20(27)13-30-24(33-22)32-21-5-4-16(12-29-21)15-6-8-28-9-7-15/h4-5,10-13,15,28H,6-9H2,1-3H3,(H,29,30,32,33). The Hall–Kier alpha value is -3.26. The zero-order chi connectivity index (χ0) is 23.2. The molecule has 0 aliphatic carbocycles. The zero-order valence-corrected chi connectivity index (χ0v) is 18.9. The maximum Gasteiger partial charge on any atom is 0.229 e. The molecule has 1 fully saturated rings. The van der Waals surface area contributed by atoms with Gasteiger partial charge >= 0.3 is 0 Å². The highest BCUT2D eigenvalue weighted by atomic mass is 19.1. The summed E-state index contributed by atoms with van der Waals surface area (Å²) < 4.78 is 29.5. The lowest BCUT2D eigenvalue weighted by atomic mass is 9.81. The Labute approximate surface area is 191 Å². The van der Waals surface area contributed by atoms with Crippen LogP contribution in [-0.4, -0.2) is 33.8 Å². The number of hydrogen-bond donors (Lipinski definition) is 2. The van der Waals surface area contributed by atoms with Crippen molar-refractivity contribution in [3.05, 3.63) is 59.4 Å². The average molecular weight is 449 g/mol. The molecule has 6 nitrogen and oxygen atoms in total. The van der Waals surface area contributed by atoms with E-state index in [4.69, 9.17) is 0 Å². The summed E-state index contributed by atoms with van der Waals surface area (Å²) in [6.07, 6.45) is 5.14. The molecule has 2 N–H and O–H groups in total. The average Bonchev–Trinajstić information content (AvgIpc) is 3.05. The fraction of sp³-hybridized carbons (Fsp3) is 0.360. The Kier molecular flexibility index (Phi) is 5.40. The third-order valence-electron chi connectivity index (χ3n) is 6.78. The number of anilines is 2. The number of piperidine rings is 1. The van der Waals surface area contributed by atoms with Gasteiger partial charge in [0.25, 0.3) is 0 Å². The summed E-state index contributed by atoms with van der Waals surface area (Å²) in [6, 6.07) is 6.97. The van der Waals surface area contributed by atoms with Gasteiger partial charge in [-0.05, 0) is 68.1 Å². The number of aliphatic imine (C=N–C) groups is 1. The largest absolute Gasteiger partial charge is 0.317 e. The monoisotopic (exact) mass is 448 g/mol. The van der Waals surface area contributed by atoms with Crippen molar-refractivity contribution in [2.75, 3.05) is 18.4 Å². The van der Waals surface area contributed by atoms with Gasteiger partial charge in [0.1, 0.15) is 23.0 Å². The molecule has 5 rings (SSSR count). The van der Waals surface area contributed by atoms with Crippen LogP contribution in [0.2, 0.25) is 0 Å². The molecule has 0 atom stereocenters. The van der Waals surface area contributed by atoms with E-state index >= 15 is 0 Å². The Morgan fingerprint density at radius 3 is 2.55 bits per heavy atom. The third kappa shape index (κ3) is 3.99. The molecule has 0 saturated carbocycles. The molecule has 1 saturated heterocycles. The SMILES string of the molecule is CC1=Nc2c(F)cc(-c3nc(Nc4ccc(C5CCNCC5)cn4)ncc3F)cc2C1(C)C. The number of benzene rings is 1. The van der Waals surface area contributed by atoms with Crippen molar-refractivity contribution in [1.82, 2.24) is 20.3 Å². The lowest BCUT2D eigenvalue weighted by molar-refractivity contribution is 0.459. The molecule has 3 aromatic rings. The van der Waals surface area contributed by atoms with Gasteiger partial charge in [0, 0.05) is 22.9 Å². The Morgan fingerprint density at radius 2 is 1.82 bits per heavy atom. The maximum atomic E-state index is 14.8. The molecule has 0 spiro atoms. The van der Waals surface area contributed by atoms with Crippen molar-refractivity contribution in [2.24, 2.45) is 4.99 Å². The van der Waals surface area contributed by atoms with E-state index < -0.39 is 17.0 Å². The van der Waals surface area contributed by atoms with Crippen molar-refractivity contribution in [1.29, 1.82) is 0 Å². The van der Waals surface area contributed by atoms with Crippen LogP contribution in [0, 0.1) is 11.6 Å². The van der Waals surface area contributed by atoms with Crippen LogP contribution in [0.1, 0.15) is 50.7 Å². The minimum Gasteiger partial charge on any atom is -0.317 e. The van der Waals surface area contributed by atoms with Crippen LogP contribution in [-0.2, 0) is 5.41 Å². The number of nitrogens with zero attached hydrogens (tertiary/aromatic N) is 4. The van der Waals surface area contributed by atoms with Crippen molar-refractivity contribution in [3.8, 4) is 11.3 Å². The van der Waals surface area contributed by atoms with E-state index in [-0.39, 0.29) is 11.6 Å². The second-order valence-corrected chi connectivity index (χ2v) is 9.19. The van der Waals surface area contributed by atoms with Crippen LogP contribution in [0.25, 0.3) is 11.3 Å². The van der Waals surface area contributed by atoms with Crippen LogP contribution in [0.4, 0.5) is 26.2 Å². The summed E-state index contributed by atoms with van der Waals surface area (Å²) in [5.41, 5.74) is 3.00. The van der Waals surface area contributed by atoms with Gasteiger partial charge in [0.2, 0.25) is 5.95 Å². The van der Waals surface area contributed by atoms with Crippen LogP contribution >= 0.6 is 0 Å². The van der Waals surface area contributed by atoms with Crippen LogP contribution < -0.4 is 10.6 Å². The summed E-state index contributed by atoms with van der Waals surface area (Å²) in [5.74, 6) is 0.155. The molecule has 2 aliphatic heterocycles. The van der Waals surface area contributed by atoms with Crippen LogP contribution in [0.15, 0.2) is 41.7 Å². The highest BCUT2D eigenvalue weighted by Crippen LogP contribution is 2.43. The Morgan fingerprint density at radius 1 is 1.03 bits per heavy atom. The first-order valence-corrected chi connectivity index (χ1v) is 11.2. The molecule has 0 unspecified atom stereocenters. The van der Waals surface area contributed by atoms with Gasteiger partial charge in [-0.25, -0.2) is 23.7 Å². The van der Waals surface area contributed by atoms with Gasteiger partial charge < -0.3 is 10.6 Å². The molecule has 33 heavy (non-hydrogen) atoms. The van der Waals surface area contributed by atoms with Gasteiger partial charge in [-0.2, -0.15) is 0 Å². The number of fused-ring (bicyclic) bond motifs is 1. The first-order valence-electron chi connectivity index (χ1n) is 11.2. The quantitative estimate of drug-likeness (QED) is 0.558. The summed E-state index contributed by atoms with van der Waals surface area (Å²) in [5, 5.41) is 6.40. The molecule has 4 heterocycles. The summed E-state index contributed by atoms with van der Waals surface area (Å²) >= 11 is 0. The van der Waals surface area contributed by atoms with Gasteiger partial charge in [-0.3, -0.25) is 4.99 Å². The molecular weight excluding hydrogens is 422 g/mol. The van der Waals surface area contributed by atoms with Gasteiger partial charge in [0.05, 0.1) is 6.20 Å². The lowest BCUT2D eigenvalue weighted by Gasteiger charge is -2.22. The molecule has 1 aromatic carbocycles. The van der Waals surface area contributed by atoms with E-state index in [2.05, 4.69) is 36.6 Å². The van der Waals surface area contributed by atoms with Gasteiger partial charge in [0.15, 0.2) is 5.82 Å². The molecule has 8 heteroatoms. The van der Waals surface area contributed by atoms with E-state index in [1.165, 1.54) is 11.6 Å². The number of nitrogens with one attached hydrogen (secondary N) is 2. The lowest BCUT2D eigenvalue weighted by Crippen LogP contribution is -2.26. The summed E-state index contributed by atoms with van der Waals surface area (Å²) in [6.45, 7) is 7.86. The second-order valence-electron chi connectivity index (χ2n) is 9.19. The van der Waals surface area contributed by atoms with Crippen molar-refractivity contribution < 1.29 is 8.78 Å². The Balaban J connectivity index is 1.42. The molecule has 2 aliphatic rings. The predicted molar refractivity (Wildman–Crippen MR) is 126 cm³/mol. The minimum absolute atomic E-state index is 0.0286. The highest BCUT2D eigenvalue weighted by molar-refractivity contribution is 6.00. The first-order chi connectivity index (χ1) is 15.8. The van der Waals surface area contributed by atoms with E-state index in [9.17, 15) is 8.78 Å². The fourth-order valence-corrected chi connectivity index (χ4v) is 4.45. The van der Waals surface area contributed by atoms with Crippen molar-refractivity contribution >= 4 is 23.2 Å². The van der Waals surface area contributed by atoms with E-state index in [1.807, 2.05) is 33.0 Å². The van der Waals surface area contributed by atoms with Gasteiger partial charge in [-0.15, -0.1) is 0 Å². The van der Waals surface area contributed by atoms with E-state index in [1.54, 1.807) is 6.07 Å². The molecule has 0 radical (unpaired) electrons. The van der Waals surface area contributed by atoms with Crippen LogP contribution in [0.3, 0.4) is 0 Å². The number of pyridine rings is 1. The molecule has 0 bridgehead atoms. The summed E-state index contributed by atoms with van der Waals surface area (Å²) in [4.78, 5) is 17.2. The zero-order valence-electron chi connectivity index (χ0n) is 18.9. The molecule has 2 aromatic heterocycles. The minimum atomic E-state index is -0.623. The highest BCUT2D eigenvalue weighted by Gasteiger charge is 2.34. The van der Waals surface area contributed by atoms with Crippen molar-refractivity contribution in [2.45, 2.75) is 44.9 Å². The van der Waals surface area contributed by atoms with E-state index in [0.717, 1.165) is 43.4 Å². The number of halogens is 2. The molecule has 170 valence electrons. The third-order valence-corrected chi connectivity index (χ3v) is 6.78. The Bertz CT molecular complexity index is 1230. The normalized spacial score (nSPS) is 17.5. The topological polar surface area (TPSA) is 75.1 Å². The van der Waals surface area contributed by atoms with Crippen LogP contribution in [0.5, 0.6) is 0 Å². The predicted octanol–water partition coefficient (Wildman–Crippen LogP) is 5.41. The van der Waals surface area contributed by atoms with Gasteiger partial charge in [-0.1, -0.05) is 19.9 Å². The smallest absolute Gasteiger partial charge is 0.229 e. The number of aromatic nitrogens is 3. The molecular formula is C25H26F2N6. The van der Waals surface area contributed by atoms with E-state index in [0.29, 0.717) is 23.0 Å². The summed E-state index contributed by atoms with van der Waals surface area (Å²) in [7, 11) is 0. The fourth-order valence-electron chi connectivity index (χ4n) is 4.45. The number of hydrogen-bond acceptors (Lipinski definition) is 6. The van der Waals surface area contributed by atoms with Crippen molar-refractivity contribution in [3.63, 3.8) is 0 Å². The molecule has 0 amide bonds.